The van der Waals surface area contributed by atoms with Crippen molar-refractivity contribution in [2.75, 3.05) is 6.61 Å². The van der Waals surface area contributed by atoms with E-state index < -0.39 is 30.3 Å². The minimum atomic E-state index is -1.05. The molecule has 0 saturated heterocycles. The highest BCUT2D eigenvalue weighted by molar-refractivity contribution is 4.94. The SMILES string of the molecule is NC1C(O)C(O)CC(O)C1CO. The van der Waals surface area contributed by atoms with Crippen molar-refractivity contribution in [3.63, 3.8) is 0 Å². The number of aliphatic hydroxyl groups is 4. The molecule has 0 aromatic carbocycles. The molecule has 0 bridgehead atoms. The minimum absolute atomic E-state index is 0.0695. The molecule has 0 aromatic rings. The lowest BCUT2D eigenvalue weighted by Crippen LogP contribution is -2.57. The summed E-state index contributed by atoms with van der Waals surface area (Å²) in [5.41, 5.74) is 5.48. The molecule has 0 heterocycles. The van der Waals surface area contributed by atoms with Gasteiger partial charge in [-0.25, -0.2) is 0 Å². The van der Waals surface area contributed by atoms with Crippen molar-refractivity contribution >= 4 is 0 Å². The third-order valence-corrected chi connectivity index (χ3v) is 2.47. The first-order valence-electron chi connectivity index (χ1n) is 3.98. The van der Waals surface area contributed by atoms with Gasteiger partial charge in [0.2, 0.25) is 0 Å². The second-order valence-electron chi connectivity index (χ2n) is 3.28. The van der Waals surface area contributed by atoms with Crippen molar-refractivity contribution in [2.24, 2.45) is 11.7 Å². The zero-order valence-corrected chi connectivity index (χ0v) is 6.67. The fraction of sp³-hybridized carbons (Fsp3) is 1.00. The summed E-state index contributed by atoms with van der Waals surface area (Å²) in [7, 11) is 0. The predicted molar refractivity (Wildman–Crippen MR) is 41.2 cm³/mol. The molecule has 1 saturated carbocycles. The van der Waals surface area contributed by atoms with Crippen LogP contribution in [-0.2, 0) is 0 Å². The highest BCUT2D eigenvalue weighted by atomic mass is 16.3. The van der Waals surface area contributed by atoms with Gasteiger partial charge in [0.05, 0.1) is 18.3 Å². The van der Waals surface area contributed by atoms with Crippen LogP contribution in [0.2, 0.25) is 0 Å². The second-order valence-corrected chi connectivity index (χ2v) is 3.28. The molecule has 0 aromatic heterocycles. The molecule has 1 rings (SSSR count). The van der Waals surface area contributed by atoms with Gasteiger partial charge in [0.1, 0.15) is 0 Å². The summed E-state index contributed by atoms with van der Waals surface area (Å²) in [6.07, 6.45) is -2.80. The molecule has 1 aliphatic carbocycles. The molecule has 0 amide bonds. The van der Waals surface area contributed by atoms with E-state index in [1.165, 1.54) is 0 Å². The van der Waals surface area contributed by atoms with Crippen molar-refractivity contribution in [2.45, 2.75) is 30.8 Å². The maximum absolute atomic E-state index is 9.32. The van der Waals surface area contributed by atoms with Crippen molar-refractivity contribution in [3.8, 4) is 0 Å². The Kier molecular flexibility index (Phi) is 3.03. The van der Waals surface area contributed by atoms with E-state index in [2.05, 4.69) is 0 Å². The van der Waals surface area contributed by atoms with Crippen LogP contribution in [0.5, 0.6) is 0 Å². The molecule has 5 atom stereocenters. The third-order valence-electron chi connectivity index (χ3n) is 2.47. The summed E-state index contributed by atoms with van der Waals surface area (Å²) in [6.45, 7) is -0.272. The molecular formula is C7H15NO4. The van der Waals surface area contributed by atoms with Gasteiger partial charge < -0.3 is 26.2 Å². The second kappa shape index (κ2) is 3.68. The van der Waals surface area contributed by atoms with Gasteiger partial charge in [-0.15, -0.1) is 0 Å². The highest BCUT2D eigenvalue weighted by Gasteiger charge is 2.40. The standard InChI is InChI=1S/C7H15NO4/c8-6-3(2-9)4(10)1-5(11)7(6)12/h3-7,9-12H,1-2,8H2. The van der Waals surface area contributed by atoms with E-state index in [4.69, 9.17) is 15.9 Å². The first kappa shape index (κ1) is 9.88. The number of rotatable bonds is 1. The fourth-order valence-corrected chi connectivity index (χ4v) is 1.57. The average Bonchev–Trinajstić information content (AvgIpc) is 2.01. The van der Waals surface area contributed by atoms with Crippen molar-refractivity contribution in [3.05, 3.63) is 0 Å². The average molecular weight is 177 g/mol. The molecule has 0 aliphatic heterocycles. The summed E-state index contributed by atoms with van der Waals surface area (Å²) < 4.78 is 0. The predicted octanol–water partition coefficient (Wildman–Crippen LogP) is -2.59. The van der Waals surface area contributed by atoms with Gasteiger partial charge in [-0.1, -0.05) is 0 Å². The van der Waals surface area contributed by atoms with Crippen LogP contribution < -0.4 is 5.73 Å². The summed E-state index contributed by atoms with van der Waals surface area (Å²) in [5, 5.41) is 36.5. The van der Waals surface area contributed by atoms with Crippen LogP contribution in [0, 0.1) is 5.92 Å². The largest absolute Gasteiger partial charge is 0.396 e. The summed E-state index contributed by atoms with van der Waals surface area (Å²) in [6, 6.07) is -0.756. The molecular weight excluding hydrogens is 162 g/mol. The molecule has 0 radical (unpaired) electrons. The van der Waals surface area contributed by atoms with E-state index >= 15 is 0 Å². The van der Waals surface area contributed by atoms with E-state index in [-0.39, 0.29) is 13.0 Å². The summed E-state index contributed by atoms with van der Waals surface area (Å²) in [5.74, 6) is -0.539. The molecule has 1 fully saturated rings. The first-order valence-corrected chi connectivity index (χ1v) is 3.98. The number of hydrogen-bond acceptors (Lipinski definition) is 5. The van der Waals surface area contributed by atoms with E-state index in [9.17, 15) is 10.2 Å². The first-order chi connectivity index (χ1) is 5.57. The summed E-state index contributed by atoms with van der Waals surface area (Å²) in [4.78, 5) is 0. The lowest BCUT2D eigenvalue weighted by atomic mass is 9.79. The molecule has 12 heavy (non-hydrogen) atoms. The third kappa shape index (κ3) is 1.60. The quantitative estimate of drug-likeness (QED) is 0.302. The van der Waals surface area contributed by atoms with Gasteiger partial charge in [0, 0.05) is 25.0 Å². The Bertz CT molecular complexity index is 154. The maximum Gasteiger partial charge on any atom is 0.0955 e. The highest BCUT2D eigenvalue weighted by Crippen LogP contribution is 2.23. The van der Waals surface area contributed by atoms with Crippen LogP contribution in [0.4, 0.5) is 0 Å². The number of hydrogen-bond donors (Lipinski definition) is 5. The molecule has 5 unspecified atom stereocenters. The Morgan fingerprint density at radius 2 is 1.75 bits per heavy atom. The van der Waals surface area contributed by atoms with Crippen molar-refractivity contribution in [1.82, 2.24) is 0 Å². The Balaban J connectivity index is 2.65. The van der Waals surface area contributed by atoms with Gasteiger partial charge in [0.25, 0.3) is 0 Å². The molecule has 1 aliphatic rings. The Labute approximate surface area is 70.4 Å². The van der Waals surface area contributed by atoms with Crippen molar-refractivity contribution < 1.29 is 20.4 Å². The molecule has 5 nitrogen and oxygen atoms in total. The topological polar surface area (TPSA) is 107 Å². The van der Waals surface area contributed by atoms with Gasteiger partial charge in [0.15, 0.2) is 0 Å². The van der Waals surface area contributed by atoms with Crippen LogP contribution in [0.3, 0.4) is 0 Å². The van der Waals surface area contributed by atoms with Crippen molar-refractivity contribution in [1.29, 1.82) is 0 Å². The molecule has 6 N–H and O–H groups in total. The Hall–Kier alpha value is -0.200. The van der Waals surface area contributed by atoms with Gasteiger partial charge in [-0.05, 0) is 0 Å². The number of aliphatic hydroxyl groups excluding tert-OH is 4. The van der Waals surface area contributed by atoms with E-state index in [0.29, 0.717) is 0 Å². The van der Waals surface area contributed by atoms with Crippen LogP contribution >= 0.6 is 0 Å². The smallest absolute Gasteiger partial charge is 0.0955 e. The lowest BCUT2D eigenvalue weighted by Gasteiger charge is -2.38. The zero-order chi connectivity index (χ0) is 9.30. The Morgan fingerprint density at radius 3 is 2.25 bits per heavy atom. The van der Waals surface area contributed by atoms with E-state index in [1.54, 1.807) is 0 Å². The maximum atomic E-state index is 9.32. The van der Waals surface area contributed by atoms with E-state index in [1.807, 2.05) is 0 Å². The zero-order valence-electron chi connectivity index (χ0n) is 6.67. The minimum Gasteiger partial charge on any atom is -0.396 e. The van der Waals surface area contributed by atoms with Gasteiger partial charge >= 0.3 is 0 Å². The molecule has 5 heteroatoms. The normalized spacial score (nSPS) is 49.2. The fourth-order valence-electron chi connectivity index (χ4n) is 1.57. The monoisotopic (exact) mass is 177 g/mol. The van der Waals surface area contributed by atoms with Crippen LogP contribution in [0.15, 0.2) is 0 Å². The van der Waals surface area contributed by atoms with E-state index in [0.717, 1.165) is 0 Å². The Morgan fingerprint density at radius 1 is 1.17 bits per heavy atom. The number of nitrogens with two attached hydrogens (primary N) is 1. The molecule has 72 valence electrons. The lowest BCUT2D eigenvalue weighted by molar-refractivity contribution is -0.0992. The van der Waals surface area contributed by atoms with Gasteiger partial charge in [-0.2, -0.15) is 0 Å². The van der Waals surface area contributed by atoms with Gasteiger partial charge in [-0.3, -0.25) is 0 Å². The van der Waals surface area contributed by atoms with Crippen LogP contribution in [-0.4, -0.2) is 51.4 Å². The summed E-state index contributed by atoms with van der Waals surface area (Å²) >= 11 is 0. The van der Waals surface area contributed by atoms with Crippen LogP contribution in [0.25, 0.3) is 0 Å². The molecule has 0 spiro atoms. The van der Waals surface area contributed by atoms with Crippen LogP contribution in [0.1, 0.15) is 6.42 Å².